The molecule has 0 spiro atoms. The van der Waals surface area contributed by atoms with Crippen molar-refractivity contribution in [3.63, 3.8) is 0 Å². The summed E-state index contributed by atoms with van der Waals surface area (Å²) in [5.41, 5.74) is 3.42. The molecule has 0 atom stereocenters. The smallest absolute Gasteiger partial charge is 0.139 e. The van der Waals surface area contributed by atoms with E-state index in [9.17, 15) is 0 Å². The minimum Gasteiger partial charge on any atom is -0.343 e. The Hall–Kier alpha value is -1.00. The number of aryl methyl sites for hydroxylation is 1. The first-order valence-corrected chi connectivity index (χ1v) is 7.52. The van der Waals surface area contributed by atoms with E-state index in [1.165, 1.54) is 5.56 Å². The monoisotopic (exact) mass is 336 g/mol. The molecule has 1 aromatic heterocycles. The van der Waals surface area contributed by atoms with Crippen LogP contribution < -0.4 is 0 Å². The van der Waals surface area contributed by atoms with Gasteiger partial charge in [0.1, 0.15) is 10.5 Å². The molecule has 4 heteroatoms. The van der Waals surface area contributed by atoms with Crippen molar-refractivity contribution in [1.29, 1.82) is 0 Å². The molecular weight excluding hydrogens is 320 g/mol. The van der Waals surface area contributed by atoms with Gasteiger partial charge in [-0.05, 0) is 49.1 Å². The highest BCUT2D eigenvalue weighted by Gasteiger charge is 2.07. The predicted octanol–water partition coefficient (Wildman–Crippen LogP) is 5.08. The standard InChI is InChI=1S/C15H17BrN2S/c1-9(2)6-12-8-14(19)18-15(17-12)13-5-4-11(16)7-10(13)3/h4-5,7-9H,6H2,1-3H3,(H,17,18,19). The van der Waals surface area contributed by atoms with Crippen molar-refractivity contribution in [2.24, 2.45) is 5.92 Å². The van der Waals surface area contributed by atoms with Gasteiger partial charge in [0.2, 0.25) is 0 Å². The van der Waals surface area contributed by atoms with E-state index >= 15 is 0 Å². The van der Waals surface area contributed by atoms with E-state index < -0.39 is 0 Å². The first-order valence-electron chi connectivity index (χ1n) is 6.32. The second-order valence-electron chi connectivity index (χ2n) is 5.15. The van der Waals surface area contributed by atoms with E-state index in [1.54, 1.807) is 0 Å². The highest BCUT2D eigenvalue weighted by Crippen LogP contribution is 2.24. The average Bonchev–Trinajstić information content (AvgIpc) is 2.26. The normalized spacial score (nSPS) is 11.0. The molecule has 0 bridgehead atoms. The fourth-order valence-electron chi connectivity index (χ4n) is 2.08. The SMILES string of the molecule is Cc1cc(Br)ccc1-c1nc(=S)cc(CC(C)C)[nH]1. The van der Waals surface area contributed by atoms with Gasteiger partial charge in [0, 0.05) is 15.7 Å². The van der Waals surface area contributed by atoms with E-state index in [-0.39, 0.29) is 0 Å². The summed E-state index contributed by atoms with van der Waals surface area (Å²) < 4.78 is 1.72. The maximum absolute atomic E-state index is 5.27. The lowest BCUT2D eigenvalue weighted by atomic mass is 10.1. The minimum atomic E-state index is 0.590. The number of halogens is 1. The second kappa shape index (κ2) is 5.97. The van der Waals surface area contributed by atoms with Gasteiger partial charge in [-0.3, -0.25) is 0 Å². The first-order chi connectivity index (χ1) is 8.95. The third-order valence-corrected chi connectivity index (χ3v) is 3.57. The summed E-state index contributed by atoms with van der Waals surface area (Å²) in [5.74, 6) is 1.44. The van der Waals surface area contributed by atoms with Crippen molar-refractivity contribution in [3.05, 3.63) is 44.6 Å². The zero-order chi connectivity index (χ0) is 14.0. The lowest BCUT2D eigenvalue weighted by molar-refractivity contribution is 0.634. The van der Waals surface area contributed by atoms with Crippen molar-refractivity contribution >= 4 is 28.1 Å². The summed E-state index contributed by atoms with van der Waals surface area (Å²) in [6.45, 7) is 6.47. The first kappa shape index (κ1) is 14.4. The number of aromatic nitrogens is 2. The Bertz CT molecular complexity index is 647. The van der Waals surface area contributed by atoms with E-state index in [1.807, 2.05) is 12.1 Å². The Kier molecular flexibility index (Phi) is 4.53. The van der Waals surface area contributed by atoms with Gasteiger partial charge < -0.3 is 4.98 Å². The number of benzene rings is 1. The molecule has 1 N–H and O–H groups in total. The van der Waals surface area contributed by atoms with Gasteiger partial charge >= 0.3 is 0 Å². The highest BCUT2D eigenvalue weighted by molar-refractivity contribution is 9.10. The van der Waals surface area contributed by atoms with Crippen LogP contribution in [0.15, 0.2) is 28.7 Å². The number of H-pyrrole nitrogens is 1. The molecule has 0 radical (unpaired) electrons. The van der Waals surface area contributed by atoms with Gasteiger partial charge in [-0.1, -0.05) is 42.0 Å². The number of rotatable bonds is 3. The number of nitrogens with one attached hydrogen (secondary N) is 1. The van der Waals surface area contributed by atoms with Crippen LogP contribution in [0.3, 0.4) is 0 Å². The van der Waals surface area contributed by atoms with E-state index in [0.717, 1.165) is 28.0 Å². The number of hydrogen-bond donors (Lipinski definition) is 1. The predicted molar refractivity (Wildman–Crippen MR) is 85.8 cm³/mol. The van der Waals surface area contributed by atoms with E-state index in [0.29, 0.717) is 10.6 Å². The van der Waals surface area contributed by atoms with Crippen LogP contribution in [0, 0.1) is 17.5 Å². The molecule has 0 aliphatic carbocycles. The molecule has 0 saturated heterocycles. The molecule has 1 heterocycles. The van der Waals surface area contributed by atoms with Gasteiger partial charge in [-0.25, -0.2) is 4.98 Å². The molecule has 1 aromatic carbocycles. The van der Waals surface area contributed by atoms with Crippen LogP contribution in [0.1, 0.15) is 25.1 Å². The topological polar surface area (TPSA) is 28.7 Å². The number of aromatic amines is 1. The Morgan fingerprint density at radius 2 is 2.05 bits per heavy atom. The summed E-state index contributed by atoms with van der Waals surface area (Å²) in [7, 11) is 0. The van der Waals surface area contributed by atoms with Gasteiger partial charge in [0.15, 0.2) is 0 Å². The molecule has 19 heavy (non-hydrogen) atoms. The lowest BCUT2D eigenvalue weighted by Crippen LogP contribution is -2.01. The van der Waals surface area contributed by atoms with Gasteiger partial charge in [0.05, 0.1) is 0 Å². The quantitative estimate of drug-likeness (QED) is 0.792. The number of nitrogens with zero attached hydrogens (tertiary/aromatic N) is 1. The maximum Gasteiger partial charge on any atom is 0.139 e. The molecule has 0 unspecified atom stereocenters. The molecule has 2 aromatic rings. The van der Waals surface area contributed by atoms with Crippen molar-refractivity contribution in [2.45, 2.75) is 27.2 Å². The lowest BCUT2D eigenvalue weighted by Gasteiger charge is -2.10. The van der Waals surface area contributed by atoms with Crippen molar-refractivity contribution in [3.8, 4) is 11.4 Å². The van der Waals surface area contributed by atoms with Crippen LogP contribution in [0.5, 0.6) is 0 Å². The summed E-state index contributed by atoms with van der Waals surface area (Å²) in [6.07, 6.45) is 0.981. The summed E-state index contributed by atoms with van der Waals surface area (Å²) in [5, 5.41) is 0. The van der Waals surface area contributed by atoms with Crippen molar-refractivity contribution in [2.75, 3.05) is 0 Å². The molecule has 0 saturated carbocycles. The third-order valence-electron chi connectivity index (χ3n) is 2.87. The Balaban J connectivity index is 2.50. The Morgan fingerprint density at radius 1 is 1.32 bits per heavy atom. The molecule has 2 rings (SSSR count). The zero-order valence-corrected chi connectivity index (χ0v) is 13.7. The fraction of sp³-hybridized carbons (Fsp3) is 0.333. The molecule has 0 aliphatic heterocycles. The molecule has 0 amide bonds. The van der Waals surface area contributed by atoms with Crippen LogP contribution in [0.4, 0.5) is 0 Å². The number of hydrogen-bond acceptors (Lipinski definition) is 2. The molecule has 2 nitrogen and oxygen atoms in total. The summed E-state index contributed by atoms with van der Waals surface area (Å²) in [6, 6.07) is 8.12. The van der Waals surface area contributed by atoms with Gasteiger partial charge in [-0.15, -0.1) is 0 Å². The van der Waals surface area contributed by atoms with Crippen LogP contribution in [0.25, 0.3) is 11.4 Å². The molecule has 100 valence electrons. The van der Waals surface area contributed by atoms with Crippen LogP contribution >= 0.6 is 28.1 Å². The van der Waals surface area contributed by atoms with E-state index in [2.05, 4.69) is 58.8 Å². The highest BCUT2D eigenvalue weighted by atomic mass is 79.9. The van der Waals surface area contributed by atoms with Crippen LogP contribution in [-0.4, -0.2) is 9.97 Å². The third kappa shape index (κ3) is 3.74. The second-order valence-corrected chi connectivity index (χ2v) is 6.48. The molecule has 0 fully saturated rings. The van der Waals surface area contributed by atoms with Crippen molar-refractivity contribution < 1.29 is 0 Å². The fourth-order valence-corrected chi connectivity index (χ4v) is 2.79. The largest absolute Gasteiger partial charge is 0.343 e. The average molecular weight is 337 g/mol. The minimum absolute atomic E-state index is 0.590. The summed E-state index contributed by atoms with van der Waals surface area (Å²) in [4.78, 5) is 7.85. The van der Waals surface area contributed by atoms with Crippen molar-refractivity contribution in [1.82, 2.24) is 9.97 Å². The van der Waals surface area contributed by atoms with Crippen LogP contribution in [0.2, 0.25) is 0 Å². The van der Waals surface area contributed by atoms with Crippen LogP contribution in [-0.2, 0) is 6.42 Å². The molecule has 0 aliphatic rings. The van der Waals surface area contributed by atoms with Gasteiger partial charge in [0.25, 0.3) is 0 Å². The van der Waals surface area contributed by atoms with E-state index in [4.69, 9.17) is 12.2 Å². The van der Waals surface area contributed by atoms with Gasteiger partial charge in [-0.2, -0.15) is 0 Å². The maximum atomic E-state index is 5.27. The summed E-state index contributed by atoms with van der Waals surface area (Å²) >= 11 is 8.75. The Morgan fingerprint density at radius 3 is 2.68 bits per heavy atom. The zero-order valence-electron chi connectivity index (χ0n) is 11.3. The molecular formula is C15H17BrN2S. The Labute approximate surface area is 127 Å².